The van der Waals surface area contributed by atoms with E-state index < -0.39 is 5.97 Å². The maximum absolute atomic E-state index is 11.4. The molecule has 0 unspecified atom stereocenters. The SMILES string of the molecule is CC(C)CN(c1nc(Cl)ccc1C(=O)O)C1CCCC1. The molecule has 0 saturated heterocycles. The predicted octanol–water partition coefficient (Wildman–Crippen LogP) is 3.84. The summed E-state index contributed by atoms with van der Waals surface area (Å²) in [5, 5.41) is 9.72. The summed E-state index contributed by atoms with van der Waals surface area (Å²) in [5.41, 5.74) is 0.238. The highest BCUT2D eigenvalue weighted by Gasteiger charge is 2.27. The van der Waals surface area contributed by atoms with Crippen molar-refractivity contribution in [2.24, 2.45) is 5.92 Å². The van der Waals surface area contributed by atoms with E-state index in [1.165, 1.54) is 18.9 Å². The van der Waals surface area contributed by atoms with Crippen LogP contribution < -0.4 is 4.90 Å². The number of hydrogen-bond donors (Lipinski definition) is 1. The molecular formula is C15H21ClN2O2. The van der Waals surface area contributed by atoms with Crippen molar-refractivity contribution in [1.82, 2.24) is 4.98 Å². The molecule has 0 spiro atoms. The van der Waals surface area contributed by atoms with E-state index in [2.05, 4.69) is 23.7 Å². The lowest BCUT2D eigenvalue weighted by Crippen LogP contribution is -2.38. The van der Waals surface area contributed by atoms with Gasteiger partial charge in [-0.1, -0.05) is 38.3 Å². The first-order valence-electron chi connectivity index (χ1n) is 7.15. The van der Waals surface area contributed by atoms with Crippen LogP contribution >= 0.6 is 11.6 Å². The fraction of sp³-hybridized carbons (Fsp3) is 0.600. The molecule has 1 aromatic heterocycles. The van der Waals surface area contributed by atoms with Crippen molar-refractivity contribution in [3.05, 3.63) is 22.8 Å². The van der Waals surface area contributed by atoms with Crippen LogP contribution in [0.2, 0.25) is 5.15 Å². The first-order chi connectivity index (χ1) is 9.49. The van der Waals surface area contributed by atoms with Crippen LogP contribution in [0.15, 0.2) is 12.1 Å². The average Bonchev–Trinajstić information content (AvgIpc) is 2.88. The summed E-state index contributed by atoms with van der Waals surface area (Å²) in [7, 11) is 0. The van der Waals surface area contributed by atoms with Gasteiger partial charge in [-0.15, -0.1) is 0 Å². The zero-order valence-corrected chi connectivity index (χ0v) is 12.7. The Morgan fingerprint density at radius 2 is 2.10 bits per heavy atom. The van der Waals surface area contributed by atoms with E-state index in [1.54, 1.807) is 6.07 Å². The summed E-state index contributed by atoms with van der Waals surface area (Å²) >= 11 is 5.98. The van der Waals surface area contributed by atoms with E-state index in [1.807, 2.05) is 0 Å². The zero-order valence-electron chi connectivity index (χ0n) is 12.0. The van der Waals surface area contributed by atoms with Gasteiger partial charge in [-0.2, -0.15) is 0 Å². The van der Waals surface area contributed by atoms with Crippen molar-refractivity contribution in [3.8, 4) is 0 Å². The van der Waals surface area contributed by atoms with Gasteiger partial charge in [-0.3, -0.25) is 0 Å². The van der Waals surface area contributed by atoms with Gasteiger partial charge in [0.25, 0.3) is 0 Å². The Kier molecular flexibility index (Phi) is 4.86. The number of aromatic carboxylic acids is 1. The minimum absolute atomic E-state index is 0.238. The Bertz CT molecular complexity index is 485. The van der Waals surface area contributed by atoms with Gasteiger partial charge >= 0.3 is 5.97 Å². The summed E-state index contributed by atoms with van der Waals surface area (Å²) in [6.07, 6.45) is 4.59. The molecule has 1 aliphatic carbocycles. The molecule has 1 heterocycles. The van der Waals surface area contributed by atoms with Crippen molar-refractivity contribution >= 4 is 23.4 Å². The van der Waals surface area contributed by atoms with Gasteiger partial charge in [0.2, 0.25) is 0 Å². The maximum atomic E-state index is 11.4. The van der Waals surface area contributed by atoms with Crippen LogP contribution in [-0.4, -0.2) is 28.6 Å². The third kappa shape index (κ3) is 3.42. The number of carboxylic acids is 1. The fourth-order valence-corrected chi connectivity index (χ4v) is 2.97. The van der Waals surface area contributed by atoms with E-state index in [0.717, 1.165) is 19.4 Å². The largest absolute Gasteiger partial charge is 0.478 e. The molecule has 0 bridgehead atoms. The van der Waals surface area contributed by atoms with E-state index in [9.17, 15) is 9.90 Å². The van der Waals surface area contributed by atoms with E-state index in [0.29, 0.717) is 22.9 Å². The lowest BCUT2D eigenvalue weighted by atomic mass is 10.1. The minimum Gasteiger partial charge on any atom is -0.478 e. The number of rotatable bonds is 5. The molecule has 0 aliphatic heterocycles. The molecule has 1 aliphatic rings. The van der Waals surface area contributed by atoms with Crippen molar-refractivity contribution in [1.29, 1.82) is 0 Å². The Balaban J connectivity index is 2.40. The molecule has 0 radical (unpaired) electrons. The monoisotopic (exact) mass is 296 g/mol. The average molecular weight is 297 g/mol. The van der Waals surface area contributed by atoms with Gasteiger partial charge in [-0.05, 0) is 30.9 Å². The van der Waals surface area contributed by atoms with Gasteiger partial charge in [0.1, 0.15) is 16.5 Å². The Labute approximate surface area is 124 Å². The minimum atomic E-state index is -0.948. The highest BCUT2D eigenvalue weighted by Crippen LogP contribution is 2.31. The van der Waals surface area contributed by atoms with E-state index >= 15 is 0 Å². The fourth-order valence-electron chi connectivity index (χ4n) is 2.83. The van der Waals surface area contributed by atoms with Crippen LogP contribution in [0.4, 0.5) is 5.82 Å². The number of nitrogens with zero attached hydrogens (tertiary/aromatic N) is 2. The number of pyridine rings is 1. The van der Waals surface area contributed by atoms with Crippen molar-refractivity contribution < 1.29 is 9.90 Å². The normalized spacial score (nSPS) is 15.8. The summed E-state index contributed by atoms with van der Waals surface area (Å²) in [4.78, 5) is 17.9. The van der Waals surface area contributed by atoms with Crippen LogP contribution in [0.3, 0.4) is 0 Å². The number of carboxylic acid groups (broad SMARTS) is 1. The molecule has 4 nitrogen and oxygen atoms in total. The maximum Gasteiger partial charge on any atom is 0.339 e. The molecule has 2 rings (SSSR count). The summed E-state index contributed by atoms with van der Waals surface area (Å²) in [6, 6.07) is 3.47. The van der Waals surface area contributed by atoms with Crippen molar-refractivity contribution in [3.63, 3.8) is 0 Å². The van der Waals surface area contributed by atoms with E-state index in [-0.39, 0.29) is 5.56 Å². The van der Waals surface area contributed by atoms with Gasteiger partial charge in [-0.25, -0.2) is 9.78 Å². The lowest BCUT2D eigenvalue weighted by Gasteiger charge is -2.32. The molecule has 1 aromatic rings. The second kappa shape index (κ2) is 6.44. The van der Waals surface area contributed by atoms with Crippen LogP contribution in [0.5, 0.6) is 0 Å². The highest BCUT2D eigenvalue weighted by atomic mass is 35.5. The van der Waals surface area contributed by atoms with Crippen LogP contribution in [0, 0.1) is 5.92 Å². The topological polar surface area (TPSA) is 53.4 Å². The van der Waals surface area contributed by atoms with Gasteiger partial charge in [0, 0.05) is 12.6 Å². The van der Waals surface area contributed by atoms with Gasteiger partial charge in [0.05, 0.1) is 0 Å². The van der Waals surface area contributed by atoms with Crippen molar-refractivity contribution in [2.45, 2.75) is 45.6 Å². The third-order valence-corrected chi connectivity index (χ3v) is 3.88. The van der Waals surface area contributed by atoms with E-state index in [4.69, 9.17) is 11.6 Å². The number of hydrogen-bond acceptors (Lipinski definition) is 3. The number of aromatic nitrogens is 1. The molecule has 0 atom stereocenters. The molecule has 20 heavy (non-hydrogen) atoms. The Hall–Kier alpha value is -1.29. The molecular weight excluding hydrogens is 276 g/mol. The standard InChI is InChI=1S/C15H21ClN2O2/c1-10(2)9-18(11-5-3-4-6-11)14-12(15(19)20)7-8-13(16)17-14/h7-8,10-11H,3-6,9H2,1-2H3,(H,19,20). The van der Waals surface area contributed by atoms with Crippen LogP contribution in [-0.2, 0) is 0 Å². The summed E-state index contributed by atoms with van der Waals surface area (Å²) < 4.78 is 0. The molecule has 0 aromatic carbocycles. The number of anilines is 1. The molecule has 1 N–H and O–H groups in total. The van der Waals surface area contributed by atoms with Crippen molar-refractivity contribution in [2.75, 3.05) is 11.4 Å². The lowest BCUT2D eigenvalue weighted by molar-refractivity contribution is 0.0697. The first kappa shape index (κ1) is 15.1. The summed E-state index contributed by atoms with van der Waals surface area (Å²) in [6.45, 7) is 5.07. The predicted molar refractivity (Wildman–Crippen MR) is 80.6 cm³/mol. The molecule has 1 fully saturated rings. The second-order valence-corrected chi connectivity index (χ2v) is 6.18. The van der Waals surface area contributed by atoms with Gasteiger partial charge < -0.3 is 10.0 Å². The molecule has 5 heteroatoms. The highest BCUT2D eigenvalue weighted by molar-refractivity contribution is 6.29. The second-order valence-electron chi connectivity index (χ2n) is 5.79. The third-order valence-electron chi connectivity index (χ3n) is 3.67. The number of carbonyl (C=O) groups is 1. The molecule has 0 amide bonds. The molecule has 110 valence electrons. The Morgan fingerprint density at radius 1 is 1.45 bits per heavy atom. The summed E-state index contributed by atoms with van der Waals surface area (Å²) in [5.74, 6) is 0.0135. The van der Waals surface area contributed by atoms with Crippen LogP contribution in [0.1, 0.15) is 49.9 Å². The smallest absolute Gasteiger partial charge is 0.339 e. The number of halogens is 1. The quantitative estimate of drug-likeness (QED) is 0.839. The molecule has 1 saturated carbocycles. The Morgan fingerprint density at radius 3 is 2.65 bits per heavy atom. The van der Waals surface area contributed by atoms with Gasteiger partial charge in [0.15, 0.2) is 0 Å². The van der Waals surface area contributed by atoms with Crippen LogP contribution in [0.25, 0.3) is 0 Å². The first-order valence-corrected chi connectivity index (χ1v) is 7.53. The zero-order chi connectivity index (χ0) is 14.7.